The van der Waals surface area contributed by atoms with Gasteiger partial charge < -0.3 is 9.30 Å². The van der Waals surface area contributed by atoms with Crippen LogP contribution in [0.25, 0.3) is 0 Å². The molecule has 0 N–H and O–H groups in total. The summed E-state index contributed by atoms with van der Waals surface area (Å²) in [5.74, 6) is -0.712. The molecule has 0 radical (unpaired) electrons. The number of ether oxygens (including phenoxy) is 1. The van der Waals surface area contributed by atoms with Gasteiger partial charge in [-0.25, -0.2) is 4.98 Å². The molecule has 0 saturated carbocycles. The van der Waals surface area contributed by atoms with Gasteiger partial charge in [-0.15, -0.1) is 0 Å². The third kappa shape index (κ3) is 3.20. The van der Waals surface area contributed by atoms with Crippen LogP contribution in [-0.2, 0) is 20.9 Å². The van der Waals surface area contributed by atoms with E-state index in [1.54, 1.807) is 6.92 Å². The Hall–Kier alpha value is -2.16. The van der Waals surface area contributed by atoms with E-state index < -0.39 is 5.97 Å². The number of carbonyl (C=O) groups excluding carboxylic acids is 2. The maximum Gasteiger partial charge on any atom is 0.313 e. The summed E-state index contributed by atoms with van der Waals surface area (Å²) in [4.78, 5) is 26.1. The van der Waals surface area contributed by atoms with Crippen LogP contribution in [0.2, 0.25) is 0 Å². The Morgan fingerprint density at radius 3 is 3.00 bits per heavy atom. The monoisotopic (exact) mass is 221 g/mol. The van der Waals surface area contributed by atoms with E-state index in [1.807, 2.05) is 6.07 Å². The molecule has 1 rings (SSSR count). The summed E-state index contributed by atoms with van der Waals surface area (Å²) in [7, 11) is 0. The molecule has 1 heterocycles. The molecule has 16 heavy (non-hydrogen) atoms. The van der Waals surface area contributed by atoms with Gasteiger partial charge in [-0.3, -0.25) is 9.59 Å². The second-order valence-corrected chi connectivity index (χ2v) is 3.01. The zero-order valence-corrected chi connectivity index (χ0v) is 8.84. The zero-order valence-electron chi connectivity index (χ0n) is 8.84. The van der Waals surface area contributed by atoms with Crippen molar-refractivity contribution in [2.45, 2.75) is 19.9 Å². The number of carbonyl (C=O) groups is 2. The smallest absolute Gasteiger partial charge is 0.313 e. The molecule has 0 spiro atoms. The SMILES string of the molecule is CCOC(=O)CC(=O)Cn1ccnc1C#N. The molecule has 0 unspecified atom stereocenters. The number of aromatic nitrogens is 2. The van der Waals surface area contributed by atoms with Crippen LogP contribution in [0.1, 0.15) is 19.2 Å². The largest absolute Gasteiger partial charge is 0.466 e. The van der Waals surface area contributed by atoms with Crippen LogP contribution in [0, 0.1) is 11.3 Å². The highest BCUT2D eigenvalue weighted by atomic mass is 16.5. The van der Waals surface area contributed by atoms with E-state index in [9.17, 15) is 9.59 Å². The van der Waals surface area contributed by atoms with Gasteiger partial charge in [-0.05, 0) is 6.92 Å². The van der Waals surface area contributed by atoms with Crippen molar-refractivity contribution in [3.63, 3.8) is 0 Å². The normalized spacial score (nSPS) is 9.50. The van der Waals surface area contributed by atoms with Crippen LogP contribution >= 0.6 is 0 Å². The zero-order chi connectivity index (χ0) is 12.0. The van der Waals surface area contributed by atoms with Gasteiger partial charge in [0.15, 0.2) is 5.78 Å². The maximum atomic E-state index is 11.4. The number of Topliss-reactive ketones (excluding diaryl/α,β-unsaturated/α-hetero) is 1. The van der Waals surface area contributed by atoms with Crippen LogP contribution in [0.3, 0.4) is 0 Å². The molecule has 0 fully saturated rings. The van der Waals surface area contributed by atoms with E-state index in [1.165, 1.54) is 17.0 Å². The maximum absolute atomic E-state index is 11.4. The quantitative estimate of drug-likeness (QED) is 0.526. The van der Waals surface area contributed by atoms with Crippen LogP contribution in [0.5, 0.6) is 0 Å². The van der Waals surface area contributed by atoms with Gasteiger partial charge >= 0.3 is 5.97 Å². The predicted molar refractivity (Wildman–Crippen MR) is 53.2 cm³/mol. The lowest BCUT2D eigenvalue weighted by Crippen LogP contribution is -2.16. The molecular formula is C10H11N3O3. The van der Waals surface area contributed by atoms with Gasteiger partial charge in [-0.2, -0.15) is 5.26 Å². The van der Waals surface area contributed by atoms with Crippen LogP contribution in [0.4, 0.5) is 0 Å². The predicted octanol–water partition coefficient (Wildman–Crippen LogP) is 0.277. The lowest BCUT2D eigenvalue weighted by atomic mass is 10.3. The van der Waals surface area contributed by atoms with Crippen molar-refractivity contribution < 1.29 is 14.3 Å². The molecule has 0 atom stereocenters. The van der Waals surface area contributed by atoms with Crippen LogP contribution in [0.15, 0.2) is 12.4 Å². The van der Waals surface area contributed by atoms with E-state index in [2.05, 4.69) is 9.72 Å². The third-order valence-corrected chi connectivity index (χ3v) is 1.81. The first-order valence-corrected chi connectivity index (χ1v) is 4.76. The van der Waals surface area contributed by atoms with Gasteiger partial charge in [0.2, 0.25) is 5.82 Å². The van der Waals surface area contributed by atoms with Gasteiger partial charge in [0.1, 0.15) is 12.5 Å². The summed E-state index contributed by atoms with van der Waals surface area (Å²) >= 11 is 0. The van der Waals surface area contributed by atoms with Crippen LogP contribution in [-0.4, -0.2) is 27.9 Å². The van der Waals surface area contributed by atoms with Crippen molar-refractivity contribution in [2.24, 2.45) is 0 Å². The Morgan fingerprint density at radius 2 is 2.38 bits per heavy atom. The van der Waals surface area contributed by atoms with E-state index >= 15 is 0 Å². The molecule has 84 valence electrons. The standard InChI is InChI=1S/C10H11N3O3/c1-2-16-10(15)5-8(14)7-13-4-3-12-9(13)6-11/h3-4H,2,5,7H2,1H3. The first kappa shape index (κ1) is 11.9. The van der Waals surface area contributed by atoms with Crippen molar-refractivity contribution in [3.8, 4) is 6.07 Å². The fourth-order valence-electron chi connectivity index (χ4n) is 1.17. The minimum absolute atomic E-state index is 0.0400. The summed E-state index contributed by atoms with van der Waals surface area (Å²) in [5.41, 5.74) is 0. The molecule has 1 aromatic rings. The van der Waals surface area contributed by atoms with Crippen molar-refractivity contribution in [3.05, 3.63) is 18.2 Å². The first-order valence-electron chi connectivity index (χ1n) is 4.76. The van der Waals surface area contributed by atoms with Crippen molar-refractivity contribution in [2.75, 3.05) is 6.61 Å². The minimum Gasteiger partial charge on any atom is -0.466 e. The lowest BCUT2D eigenvalue weighted by Gasteiger charge is -2.03. The number of hydrogen-bond donors (Lipinski definition) is 0. The minimum atomic E-state index is -0.550. The number of esters is 1. The van der Waals surface area contributed by atoms with E-state index in [4.69, 9.17) is 5.26 Å². The highest BCUT2D eigenvalue weighted by molar-refractivity contribution is 5.95. The average molecular weight is 221 g/mol. The molecule has 0 aliphatic carbocycles. The van der Waals surface area contributed by atoms with E-state index in [-0.39, 0.29) is 31.2 Å². The van der Waals surface area contributed by atoms with E-state index in [0.717, 1.165) is 0 Å². The molecule has 6 nitrogen and oxygen atoms in total. The Labute approximate surface area is 92.5 Å². The Morgan fingerprint density at radius 1 is 1.62 bits per heavy atom. The van der Waals surface area contributed by atoms with Gasteiger partial charge in [0.05, 0.1) is 13.2 Å². The summed E-state index contributed by atoms with van der Waals surface area (Å²) in [5, 5.41) is 8.65. The number of nitriles is 1. The molecule has 0 aromatic carbocycles. The number of imidazole rings is 1. The first-order chi connectivity index (χ1) is 7.67. The second-order valence-electron chi connectivity index (χ2n) is 3.01. The molecule has 0 aliphatic heterocycles. The molecule has 6 heteroatoms. The Kier molecular flexibility index (Phi) is 4.21. The number of hydrogen-bond acceptors (Lipinski definition) is 5. The second kappa shape index (κ2) is 5.66. The Balaban J connectivity index is 2.52. The van der Waals surface area contributed by atoms with Gasteiger partial charge in [0.25, 0.3) is 0 Å². The van der Waals surface area contributed by atoms with Crippen molar-refractivity contribution in [1.82, 2.24) is 9.55 Å². The van der Waals surface area contributed by atoms with E-state index in [0.29, 0.717) is 0 Å². The molecule has 0 amide bonds. The number of nitrogens with zero attached hydrogens (tertiary/aromatic N) is 3. The highest BCUT2D eigenvalue weighted by Crippen LogP contribution is 1.98. The molecule has 0 bridgehead atoms. The third-order valence-electron chi connectivity index (χ3n) is 1.81. The van der Waals surface area contributed by atoms with Crippen LogP contribution < -0.4 is 0 Å². The summed E-state index contributed by atoms with van der Waals surface area (Å²) < 4.78 is 6.03. The molecule has 1 aromatic heterocycles. The summed E-state index contributed by atoms with van der Waals surface area (Å²) in [6.07, 6.45) is 2.66. The molecule has 0 saturated heterocycles. The summed E-state index contributed by atoms with van der Waals surface area (Å²) in [6, 6.07) is 1.84. The molecular weight excluding hydrogens is 210 g/mol. The van der Waals surface area contributed by atoms with Gasteiger partial charge in [0, 0.05) is 12.4 Å². The fourth-order valence-corrected chi connectivity index (χ4v) is 1.17. The average Bonchev–Trinajstić information content (AvgIpc) is 2.65. The summed E-state index contributed by atoms with van der Waals surface area (Å²) in [6.45, 7) is 1.88. The fraction of sp³-hybridized carbons (Fsp3) is 0.400. The van der Waals surface area contributed by atoms with Gasteiger partial charge in [-0.1, -0.05) is 0 Å². The van der Waals surface area contributed by atoms with Crippen molar-refractivity contribution >= 4 is 11.8 Å². The molecule has 0 aliphatic rings. The number of rotatable bonds is 5. The lowest BCUT2D eigenvalue weighted by molar-refractivity contribution is -0.145. The van der Waals surface area contributed by atoms with Crippen molar-refractivity contribution in [1.29, 1.82) is 5.26 Å². The Bertz CT molecular complexity index is 431. The highest BCUT2D eigenvalue weighted by Gasteiger charge is 2.12. The topological polar surface area (TPSA) is 85.0 Å². The number of ketones is 1.